The van der Waals surface area contributed by atoms with E-state index in [1.165, 1.54) is 0 Å². The SMILES string of the molecule is Cc1nc(SCC(C)N)n[nH]1. The molecular weight excluding hydrogens is 160 g/mol. The number of aromatic amines is 1. The molecule has 11 heavy (non-hydrogen) atoms. The number of thioether (sulfide) groups is 1. The van der Waals surface area contributed by atoms with Gasteiger partial charge in [0.05, 0.1) is 0 Å². The molecule has 0 bridgehead atoms. The van der Waals surface area contributed by atoms with Crippen molar-refractivity contribution >= 4 is 11.8 Å². The minimum atomic E-state index is 0.193. The van der Waals surface area contributed by atoms with Crippen LogP contribution in [-0.2, 0) is 0 Å². The molecule has 1 aromatic rings. The number of nitrogens with two attached hydrogens (primary N) is 1. The van der Waals surface area contributed by atoms with E-state index >= 15 is 0 Å². The van der Waals surface area contributed by atoms with Crippen molar-refractivity contribution in [2.24, 2.45) is 5.73 Å². The van der Waals surface area contributed by atoms with E-state index < -0.39 is 0 Å². The first kappa shape index (κ1) is 8.55. The van der Waals surface area contributed by atoms with Gasteiger partial charge in [0.1, 0.15) is 5.82 Å². The van der Waals surface area contributed by atoms with Crippen LogP contribution in [0.5, 0.6) is 0 Å². The first-order chi connectivity index (χ1) is 5.18. The highest BCUT2D eigenvalue weighted by Crippen LogP contribution is 2.11. The van der Waals surface area contributed by atoms with E-state index in [1.54, 1.807) is 11.8 Å². The predicted octanol–water partition coefficient (Wildman–Crippen LogP) is 0.552. The second-order valence-electron chi connectivity index (χ2n) is 2.49. The van der Waals surface area contributed by atoms with Crippen LogP contribution in [0.25, 0.3) is 0 Å². The van der Waals surface area contributed by atoms with Crippen molar-refractivity contribution in [2.75, 3.05) is 5.75 Å². The first-order valence-electron chi connectivity index (χ1n) is 3.46. The predicted molar refractivity (Wildman–Crippen MR) is 45.5 cm³/mol. The maximum Gasteiger partial charge on any atom is 0.208 e. The number of rotatable bonds is 3. The summed E-state index contributed by atoms with van der Waals surface area (Å²) >= 11 is 1.57. The number of aromatic nitrogens is 3. The van der Waals surface area contributed by atoms with E-state index in [0.29, 0.717) is 0 Å². The second kappa shape index (κ2) is 3.73. The smallest absolute Gasteiger partial charge is 0.208 e. The Morgan fingerprint density at radius 2 is 2.45 bits per heavy atom. The zero-order valence-corrected chi connectivity index (χ0v) is 7.48. The molecule has 0 saturated carbocycles. The summed E-state index contributed by atoms with van der Waals surface area (Å²) < 4.78 is 0. The molecular formula is C6H12N4S. The third-order valence-corrected chi connectivity index (χ3v) is 2.19. The summed E-state index contributed by atoms with van der Waals surface area (Å²) in [4.78, 5) is 4.12. The molecule has 4 nitrogen and oxygen atoms in total. The van der Waals surface area contributed by atoms with Crippen LogP contribution in [-0.4, -0.2) is 27.0 Å². The van der Waals surface area contributed by atoms with E-state index in [2.05, 4.69) is 15.2 Å². The lowest BCUT2D eigenvalue weighted by molar-refractivity contribution is 0.842. The highest BCUT2D eigenvalue weighted by molar-refractivity contribution is 7.99. The molecule has 0 spiro atoms. The Labute approximate surface area is 70.0 Å². The molecule has 0 aromatic carbocycles. The molecule has 0 radical (unpaired) electrons. The van der Waals surface area contributed by atoms with Crippen molar-refractivity contribution in [3.63, 3.8) is 0 Å². The normalized spacial score (nSPS) is 13.4. The lowest BCUT2D eigenvalue weighted by Gasteiger charge is -1.99. The standard InChI is InChI=1S/C6H12N4S/c1-4(7)3-11-6-8-5(2)9-10-6/h4H,3,7H2,1-2H3,(H,8,9,10). The van der Waals surface area contributed by atoms with Gasteiger partial charge in [-0.25, -0.2) is 4.98 Å². The van der Waals surface area contributed by atoms with E-state index in [1.807, 2.05) is 13.8 Å². The van der Waals surface area contributed by atoms with Crippen LogP contribution in [0.4, 0.5) is 0 Å². The minimum Gasteiger partial charge on any atom is -0.327 e. The Bertz CT molecular complexity index is 220. The number of hydrogen-bond donors (Lipinski definition) is 2. The summed E-state index contributed by atoms with van der Waals surface area (Å²) in [5.41, 5.74) is 5.56. The second-order valence-corrected chi connectivity index (χ2v) is 3.48. The quantitative estimate of drug-likeness (QED) is 0.653. The number of H-pyrrole nitrogens is 1. The highest BCUT2D eigenvalue weighted by atomic mass is 32.2. The largest absolute Gasteiger partial charge is 0.327 e. The van der Waals surface area contributed by atoms with E-state index in [4.69, 9.17) is 5.73 Å². The van der Waals surface area contributed by atoms with Gasteiger partial charge >= 0.3 is 0 Å². The van der Waals surface area contributed by atoms with Gasteiger partial charge in [-0.3, -0.25) is 5.10 Å². The number of nitrogens with one attached hydrogen (secondary N) is 1. The summed E-state index contributed by atoms with van der Waals surface area (Å²) in [6.45, 7) is 3.84. The van der Waals surface area contributed by atoms with Gasteiger partial charge < -0.3 is 5.73 Å². The Kier molecular flexibility index (Phi) is 2.90. The van der Waals surface area contributed by atoms with Crippen LogP contribution in [0.3, 0.4) is 0 Å². The van der Waals surface area contributed by atoms with Gasteiger partial charge in [-0.2, -0.15) is 0 Å². The minimum absolute atomic E-state index is 0.193. The Balaban J connectivity index is 2.39. The maximum atomic E-state index is 5.56. The third-order valence-electron chi connectivity index (χ3n) is 1.05. The third kappa shape index (κ3) is 2.90. The van der Waals surface area contributed by atoms with Crippen LogP contribution in [0.1, 0.15) is 12.7 Å². The Morgan fingerprint density at radius 3 is 2.91 bits per heavy atom. The summed E-state index contributed by atoms with van der Waals surface area (Å²) in [6, 6.07) is 0.193. The molecule has 1 aromatic heterocycles. The van der Waals surface area contributed by atoms with E-state index in [0.717, 1.165) is 16.7 Å². The average molecular weight is 172 g/mol. The van der Waals surface area contributed by atoms with E-state index in [-0.39, 0.29) is 6.04 Å². The molecule has 0 saturated heterocycles. The van der Waals surface area contributed by atoms with Crippen LogP contribution in [0.2, 0.25) is 0 Å². The van der Waals surface area contributed by atoms with Crippen molar-refractivity contribution in [1.29, 1.82) is 0 Å². The topological polar surface area (TPSA) is 67.6 Å². The summed E-state index contributed by atoms with van der Waals surface area (Å²) in [5, 5.41) is 7.51. The van der Waals surface area contributed by atoms with Crippen molar-refractivity contribution < 1.29 is 0 Å². The molecule has 1 heterocycles. The fourth-order valence-electron chi connectivity index (χ4n) is 0.593. The molecule has 0 aliphatic heterocycles. The molecule has 5 heteroatoms. The lowest BCUT2D eigenvalue weighted by Crippen LogP contribution is -2.17. The van der Waals surface area contributed by atoms with Gasteiger partial charge in [0.25, 0.3) is 0 Å². The Morgan fingerprint density at radius 1 is 1.73 bits per heavy atom. The molecule has 0 amide bonds. The van der Waals surface area contributed by atoms with Crippen LogP contribution < -0.4 is 5.73 Å². The fourth-order valence-corrected chi connectivity index (χ4v) is 1.32. The van der Waals surface area contributed by atoms with Crippen LogP contribution in [0.15, 0.2) is 5.16 Å². The Hall–Kier alpha value is -0.550. The molecule has 1 rings (SSSR count). The average Bonchev–Trinajstić information content (AvgIpc) is 2.31. The maximum absolute atomic E-state index is 5.56. The highest BCUT2D eigenvalue weighted by Gasteiger charge is 2.01. The van der Waals surface area contributed by atoms with Crippen molar-refractivity contribution in [3.05, 3.63) is 5.82 Å². The molecule has 0 aliphatic rings. The number of nitrogens with zero attached hydrogens (tertiary/aromatic N) is 2. The zero-order chi connectivity index (χ0) is 8.27. The monoisotopic (exact) mass is 172 g/mol. The first-order valence-corrected chi connectivity index (χ1v) is 4.44. The van der Waals surface area contributed by atoms with Gasteiger partial charge in [-0.1, -0.05) is 11.8 Å². The number of aryl methyl sites for hydroxylation is 1. The molecule has 3 N–H and O–H groups in total. The van der Waals surface area contributed by atoms with Crippen molar-refractivity contribution in [3.8, 4) is 0 Å². The van der Waals surface area contributed by atoms with Gasteiger partial charge in [-0.15, -0.1) is 5.10 Å². The molecule has 1 atom stereocenters. The number of hydrogen-bond acceptors (Lipinski definition) is 4. The molecule has 0 aliphatic carbocycles. The molecule has 1 unspecified atom stereocenters. The van der Waals surface area contributed by atoms with Crippen molar-refractivity contribution in [2.45, 2.75) is 25.0 Å². The van der Waals surface area contributed by atoms with Crippen LogP contribution in [0, 0.1) is 6.92 Å². The summed E-state index contributed by atoms with van der Waals surface area (Å²) in [7, 11) is 0. The van der Waals surface area contributed by atoms with Gasteiger partial charge in [-0.05, 0) is 13.8 Å². The summed E-state index contributed by atoms with van der Waals surface area (Å²) in [5.74, 6) is 1.70. The fraction of sp³-hybridized carbons (Fsp3) is 0.667. The van der Waals surface area contributed by atoms with Gasteiger partial charge in [0, 0.05) is 11.8 Å². The van der Waals surface area contributed by atoms with Gasteiger partial charge in [0.15, 0.2) is 0 Å². The molecule has 0 fully saturated rings. The zero-order valence-electron chi connectivity index (χ0n) is 6.66. The van der Waals surface area contributed by atoms with Crippen LogP contribution >= 0.6 is 11.8 Å². The van der Waals surface area contributed by atoms with Gasteiger partial charge in [0.2, 0.25) is 5.16 Å². The lowest BCUT2D eigenvalue weighted by atomic mass is 10.4. The molecule has 62 valence electrons. The van der Waals surface area contributed by atoms with E-state index in [9.17, 15) is 0 Å². The van der Waals surface area contributed by atoms with Crippen molar-refractivity contribution in [1.82, 2.24) is 15.2 Å². The summed E-state index contributed by atoms with van der Waals surface area (Å²) in [6.07, 6.45) is 0.